The number of thiol groups is 1. The van der Waals surface area contributed by atoms with Gasteiger partial charge in [0.15, 0.2) is 5.82 Å². The molecule has 0 aromatic heterocycles. The average molecular weight is 249 g/mol. The SMILES string of the molecule is Fc1c(Cl)cc(C#CCCS)cc1Cl. The normalized spacial score (nSPS) is 9.43. The number of benzene rings is 1. The van der Waals surface area contributed by atoms with Gasteiger partial charge in [0.2, 0.25) is 0 Å². The Morgan fingerprint density at radius 3 is 2.36 bits per heavy atom. The fourth-order valence-electron chi connectivity index (χ4n) is 0.848. The summed E-state index contributed by atoms with van der Waals surface area (Å²) in [6.07, 6.45) is 0.676. The smallest absolute Gasteiger partial charge is 0.160 e. The second-order valence-electron chi connectivity index (χ2n) is 2.53. The molecule has 0 N–H and O–H groups in total. The van der Waals surface area contributed by atoms with Crippen molar-refractivity contribution in [2.24, 2.45) is 0 Å². The van der Waals surface area contributed by atoms with Crippen LogP contribution in [0.2, 0.25) is 10.0 Å². The average Bonchev–Trinajstić information content (AvgIpc) is 2.14. The second kappa shape index (κ2) is 5.50. The molecule has 4 heteroatoms. The van der Waals surface area contributed by atoms with Crippen molar-refractivity contribution in [2.45, 2.75) is 6.42 Å². The van der Waals surface area contributed by atoms with Crippen molar-refractivity contribution in [3.63, 3.8) is 0 Å². The molecule has 1 aromatic carbocycles. The summed E-state index contributed by atoms with van der Waals surface area (Å²) in [4.78, 5) is 0. The second-order valence-corrected chi connectivity index (χ2v) is 3.79. The number of rotatable bonds is 1. The van der Waals surface area contributed by atoms with Gasteiger partial charge in [0.1, 0.15) is 0 Å². The molecule has 0 radical (unpaired) electrons. The van der Waals surface area contributed by atoms with Crippen LogP contribution < -0.4 is 0 Å². The van der Waals surface area contributed by atoms with E-state index in [1.54, 1.807) is 0 Å². The van der Waals surface area contributed by atoms with Crippen LogP contribution in [0.1, 0.15) is 12.0 Å². The van der Waals surface area contributed by atoms with Crippen molar-refractivity contribution in [1.82, 2.24) is 0 Å². The lowest BCUT2D eigenvalue weighted by Gasteiger charge is -1.97. The van der Waals surface area contributed by atoms with E-state index in [0.717, 1.165) is 0 Å². The van der Waals surface area contributed by atoms with Crippen molar-refractivity contribution in [3.8, 4) is 11.8 Å². The molecular weight excluding hydrogens is 242 g/mol. The van der Waals surface area contributed by atoms with Crippen molar-refractivity contribution in [3.05, 3.63) is 33.6 Å². The molecule has 0 spiro atoms. The van der Waals surface area contributed by atoms with E-state index in [0.29, 0.717) is 17.7 Å². The summed E-state index contributed by atoms with van der Waals surface area (Å²) in [5, 5.41) is -0.0136. The fraction of sp³-hybridized carbons (Fsp3) is 0.200. The van der Waals surface area contributed by atoms with E-state index in [2.05, 4.69) is 24.5 Å². The molecule has 0 heterocycles. The quantitative estimate of drug-likeness (QED) is 0.436. The van der Waals surface area contributed by atoms with Gasteiger partial charge in [-0.1, -0.05) is 35.0 Å². The van der Waals surface area contributed by atoms with Crippen molar-refractivity contribution in [2.75, 3.05) is 5.75 Å². The summed E-state index contributed by atoms with van der Waals surface area (Å²) < 4.78 is 13.0. The Labute approximate surface area is 97.8 Å². The van der Waals surface area contributed by atoms with Gasteiger partial charge >= 0.3 is 0 Å². The topological polar surface area (TPSA) is 0 Å². The lowest BCUT2D eigenvalue weighted by Crippen LogP contribution is -1.82. The fourth-order valence-corrected chi connectivity index (χ4v) is 1.45. The molecule has 1 rings (SSSR count). The molecule has 0 atom stereocenters. The van der Waals surface area contributed by atoms with E-state index < -0.39 is 5.82 Å². The molecule has 0 amide bonds. The largest absolute Gasteiger partial charge is 0.204 e. The third-order valence-electron chi connectivity index (χ3n) is 1.45. The van der Waals surface area contributed by atoms with Crippen LogP contribution in [0.25, 0.3) is 0 Å². The molecule has 0 saturated heterocycles. The summed E-state index contributed by atoms with van der Waals surface area (Å²) in [7, 11) is 0. The van der Waals surface area contributed by atoms with E-state index in [-0.39, 0.29) is 10.0 Å². The summed E-state index contributed by atoms with van der Waals surface area (Å²) in [6, 6.07) is 2.91. The maximum Gasteiger partial charge on any atom is 0.160 e. The highest BCUT2D eigenvalue weighted by Gasteiger charge is 2.05. The molecule has 0 saturated carbocycles. The van der Waals surface area contributed by atoms with E-state index in [9.17, 15) is 4.39 Å². The van der Waals surface area contributed by atoms with Crippen molar-refractivity contribution < 1.29 is 4.39 Å². The number of halogens is 3. The van der Waals surface area contributed by atoms with Gasteiger partial charge in [0, 0.05) is 17.7 Å². The first-order valence-electron chi connectivity index (χ1n) is 3.89. The standard InChI is InChI=1S/C10H7Cl2FS/c11-8-5-7(3-1-2-4-14)6-9(12)10(8)13/h5-6,14H,2,4H2. The van der Waals surface area contributed by atoms with Gasteiger partial charge in [-0.2, -0.15) is 12.6 Å². The third kappa shape index (κ3) is 3.09. The van der Waals surface area contributed by atoms with Gasteiger partial charge in [0.25, 0.3) is 0 Å². The van der Waals surface area contributed by atoms with Crippen LogP contribution in [0.4, 0.5) is 4.39 Å². The van der Waals surface area contributed by atoms with Crippen LogP contribution in [0.15, 0.2) is 12.1 Å². The van der Waals surface area contributed by atoms with Crippen molar-refractivity contribution in [1.29, 1.82) is 0 Å². The highest BCUT2D eigenvalue weighted by atomic mass is 35.5. The van der Waals surface area contributed by atoms with Crippen LogP contribution in [0.5, 0.6) is 0 Å². The van der Waals surface area contributed by atoms with Gasteiger partial charge in [-0.05, 0) is 12.1 Å². The highest BCUT2D eigenvalue weighted by Crippen LogP contribution is 2.24. The molecule has 1 aromatic rings. The van der Waals surface area contributed by atoms with Crippen LogP contribution in [0, 0.1) is 17.7 Å². The molecule has 0 aliphatic heterocycles. The van der Waals surface area contributed by atoms with Gasteiger partial charge in [-0.15, -0.1) is 0 Å². The molecule has 0 unspecified atom stereocenters. The minimum atomic E-state index is -0.604. The first-order chi connectivity index (χ1) is 6.65. The maximum atomic E-state index is 13.0. The third-order valence-corrected chi connectivity index (χ3v) is 2.23. The molecule has 0 aliphatic rings. The monoisotopic (exact) mass is 248 g/mol. The summed E-state index contributed by atoms with van der Waals surface area (Å²) in [5.41, 5.74) is 0.614. The first kappa shape index (κ1) is 11.7. The minimum absolute atomic E-state index is 0.00678. The molecule has 0 aliphatic carbocycles. The van der Waals surface area contributed by atoms with Crippen LogP contribution in [0.3, 0.4) is 0 Å². The predicted octanol–water partition coefficient (Wildman–Crippen LogP) is 3.80. The Morgan fingerprint density at radius 2 is 1.86 bits per heavy atom. The van der Waals surface area contributed by atoms with Crippen molar-refractivity contribution >= 4 is 35.8 Å². The Balaban J connectivity index is 2.97. The van der Waals surface area contributed by atoms with Crippen LogP contribution >= 0.6 is 35.8 Å². The van der Waals surface area contributed by atoms with E-state index in [1.165, 1.54) is 12.1 Å². The molecular formula is C10H7Cl2FS. The molecule has 0 bridgehead atoms. The molecule has 0 fully saturated rings. The zero-order chi connectivity index (χ0) is 10.6. The van der Waals surface area contributed by atoms with E-state index in [4.69, 9.17) is 23.2 Å². The van der Waals surface area contributed by atoms with Gasteiger partial charge in [-0.3, -0.25) is 0 Å². The van der Waals surface area contributed by atoms with Gasteiger partial charge in [0.05, 0.1) is 10.0 Å². The lowest BCUT2D eigenvalue weighted by molar-refractivity contribution is 0.628. The zero-order valence-electron chi connectivity index (χ0n) is 7.15. The first-order valence-corrected chi connectivity index (χ1v) is 5.28. The summed E-state index contributed by atoms with van der Waals surface area (Å²) in [5.74, 6) is 5.77. The maximum absolute atomic E-state index is 13.0. The number of hydrogen-bond donors (Lipinski definition) is 1. The molecule has 14 heavy (non-hydrogen) atoms. The Bertz CT molecular complexity index is 370. The Morgan fingerprint density at radius 1 is 1.29 bits per heavy atom. The summed E-state index contributed by atoms with van der Waals surface area (Å²) >= 11 is 15.2. The number of hydrogen-bond acceptors (Lipinski definition) is 1. The molecule has 74 valence electrons. The molecule has 0 nitrogen and oxygen atoms in total. The minimum Gasteiger partial charge on any atom is -0.204 e. The highest BCUT2D eigenvalue weighted by molar-refractivity contribution is 7.80. The van der Waals surface area contributed by atoms with Crippen LogP contribution in [-0.2, 0) is 0 Å². The van der Waals surface area contributed by atoms with Gasteiger partial charge in [-0.25, -0.2) is 4.39 Å². The Hall–Kier alpha value is -0.360. The summed E-state index contributed by atoms with van der Waals surface area (Å²) in [6.45, 7) is 0. The zero-order valence-corrected chi connectivity index (χ0v) is 9.56. The van der Waals surface area contributed by atoms with Crippen LogP contribution in [-0.4, -0.2) is 5.75 Å². The lowest BCUT2D eigenvalue weighted by atomic mass is 10.2. The predicted molar refractivity (Wildman–Crippen MR) is 61.8 cm³/mol. The van der Waals surface area contributed by atoms with E-state index in [1.807, 2.05) is 0 Å². The van der Waals surface area contributed by atoms with Gasteiger partial charge < -0.3 is 0 Å². The van der Waals surface area contributed by atoms with E-state index >= 15 is 0 Å². The Kier molecular flexibility index (Phi) is 4.60.